The molecule has 1 heterocycles. The SMILES string of the molecule is COc1ccc(CCC(=O)N2CCCN(CC(=O)NCCOc3cccc(C)c3)CC2)cc1. The van der Waals surface area contributed by atoms with Crippen molar-refractivity contribution in [2.24, 2.45) is 0 Å². The maximum Gasteiger partial charge on any atom is 0.234 e. The zero-order valence-electron chi connectivity index (χ0n) is 19.7. The standard InChI is InChI=1S/C26H35N3O4/c1-21-5-3-6-24(19-21)33-18-13-27-25(30)20-28-14-4-15-29(17-16-28)26(31)12-9-22-7-10-23(32-2)11-8-22/h3,5-8,10-11,19H,4,9,12-18,20H2,1-2H3,(H,27,30). The van der Waals surface area contributed by atoms with Crippen LogP contribution in [-0.4, -0.2) is 74.6 Å². The van der Waals surface area contributed by atoms with Crippen molar-refractivity contribution in [1.29, 1.82) is 0 Å². The largest absolute Gasteiger partial charge is 0.497 e. The first-order valence-corrected chi connectivity index (χ1v) is 11.6. The van der Waals surface area contributed by atoms with E-state index in [0.717, 1.165) is 48.6 Å². The number of nitrogens with one attached hydrogen (secondary N) is 1. The highest BCUT2D eigenvalue weighted by molar-refractivity contribution is 5.78. The van der Waals surface area contributed by atoms with Gasteiger partial charge in [0.25, 0.3) is 0 Å². The van der Waals surface area contributed by atoms with Crippen LogP contribution in [-0.2, 0) is 16.0 Å². The summed E-state index contributed by atoms with van der Waals surface area (Å²) in [5.41, 5.74) is 2.27. The smallest absolute Gasteiger partial charge is 0.234 e. The monoisotopic (exact) mass is 453 g/mol. The van der Waals surface area contributed by atoms with Gasteiger partial charge in [0, 0.05) is 32.6 Å². The lowest BCUT2D eigenvalue weighted by atomic mass is 10.1. The third kappa shape index (κ3) is 8.42. The van der Waals surface area contributed by atoms with Crippen LogP contribution in [0.5, 0.6) is 11.5 Å². The normalized spacial score (nSPS) is 14.4. The fourth-order valence-corrected chi connectivity index (χ4v) is 3.90. The second-order valence-corrected chi connectivity index (χ2v) is 8.37. The van der Waals surface area contributed by atoms with E-state index in [2.05, 4.69) is 10.2 Å². The molecule has 0 atom stereocenters. The molecule has 1 saturated heterocycles. The molecule has 0 aliphatic carbocycles. The minimum Gasteiger partial charge on any atom is -0.497 e. The number of benzene rings is 2. The molecule has 1 aliphatic heterocycles. The Morgan fingerprint density at radius 3 is 2.58 bits per heavy atom. The summed E-state index contributed by atoms with van der Waals surface area (Å²) in [6, 6.07) is 15.7. The average molecular weight is 454 g/mol. The van der Waals surface area contributed by atoms with Gasteiger partial charge in [-0.05, 0) is 55.2 Å². The number of carbonyl (C=O) groups is 2. The minimum absolute atomic E-state index is 0.0119. The molecular weight excluding hydrogens is 418 g/mol. The summed E-state index contributed by atoms with van der Waals surface area (Å²) in [4.78, 5) is 29.0. The van der Waals surface area contributed by atoms with Gasteiger partial charge in [-0.25, -0.2) is 0 Å². The summed E-state index contributed by atoms with van der Waals surface area (Å²) in [6.07, 6.45) is 2.09. The molecule has 0 unspecified atom stereocenters. The van der Waals surface area contributed by atoms with Gasteiger partial charge in [-0.2, -0.15) is 0 Å². The van der Waals surface area contributed by atoms with Crippen LogP contribution in [0.2, 0.25) is 0 Å². The van der Waals surface area contributed by atoms with Crippen LogP contribution < -0.4 is 14.8 Å². The first-order chi connectivity index (χ1) is 16.0. The van der Waals surface area contributed by atoms with Crippen LogP contribution in [0.25, 0.3) is 0 Å². The van der Waals surface area contributed by atoms with E-state index >= 15 is 0 Å². The molecule has 7 nitrogen and oxygen atoms in total. The Bertz CT molecular complexity index is 901. The molecule has 2 amide bonds. The number of aryl methyl sites for hydroxylation is 2. The van der Waals surface area contributed by atoms with Crippen molar-refractivity contribution < 1.29 is 19.1 Å². The van der Waals surface area contributed by atoms with Gasteiger partial charge in [-0.15, -0.1) is 0 Å². The number of carbonyl (C=O) groups excluding carboxylic acids is 2. The second kappa shape index (κ2) is 12.8. The fraction of sp³-hybridized carbons (Fsp3) is 0.462. The second-order valence-electron chi connectivity index (χ2n) is 8.37. The van der Waals surface area contributed by atoms with Crippen LogP contribution >= 0.6 is 0 Å². The predicted octanol–water partition coefficient (Wildman–Crippen LogP) is 2.67. The molecule has 0 saturated carbocycles. The molecule has 2 aromatic carbocycles. The number of methoxy groups -OCH3 is 1. The number of amides is 2. The molecule has 1 fully saturated rings. The zero-order valence-corrected chi connectivity index (χ0v) is 19.7. The van der Waals surface area contributed by atoms with Crippen molar-refractivity contribution in [2.75, 3.05) is 53.0 Å². The Kier molecular flexibility index (Phi) is 9.57. The molecule has 178 valence electrons. The van der Waals surface area contributed by atoms with Crippen molar-refractivity contribution >= 4 is 11.8 Å². The fourth-order valence-electron chi connectivity index (χ4n) is 3.90. The van der Waals surface area contributed by atoms with Gasteiger partial charge in [0.1, 0.15) is 18.1 Å². The Balaban J connectivity index is 1.33. The summed E-state index contributed by atoms with van der Waals surface area (Å²) < 4.78 is 10.9. The molecule has 0 bridgehead atoms. The van der Waals surface area contributed by atoms with Crippen LogP contribution in [0.1, 0.15) is 24.0 Å². The van der Waals surface area contributed by atoms with Crippen molar-refractivity contribution in [3.63, 3.8) is 0 Å². The van der Waals surface area contributed by atoms with Crippen LogP contribution in [0.15, 0.2) is 48.5 Å². The van der Waals surface area contributed by atoms with E-state index in [9.17, 15) is 9.59 Å². The third-order valence-corrected chi connectivity index (χ3v) is 5.78. The van der Waals surface area contributed by atoms with Crippen LogP contribution in [0.3, 0.4) is 0 Å². The predicted molar refractivity (Wildman–Crippen MR) is 129 cm³/mol. The van der Waals surface area contributed by atoms with Crippen LogP contribution in [0, 0.1) is 6.92 Å². The van der Waals surface area contributed by atoms with Crippen molar-refractivity contribution in [3.05, 3.63) is 59.7 Å². The van der Waals surface area contributed by atoms with Crippen molar-refractivity contribution in [1.82, 2.24) is 15.1 Å². The summed E-state index contributed by atoms with van der Waals surface area (Å²) in [5, 5.41) is 2.92. The van der Waals surface area contributed by atoms with Crippen molar-refractivity contribution in [2.45, 2.75) is 26.2 Å². The molecule has 1 N–H and O–H groups in total. The van der Waals surface area contributed by atoms with Crippen LogP contribution in [0.4, 0.5) is 0 Å². The summed E-state index contributed by atoms with van der Waals surface area (Å²) >= 11 is 0. The average Bonchev–Trinajstić information content (AvgIpc) is 3.06. The Morgan fingerprint density at radius 2 is 1.82 bits per heavy atom. The van der Waals surface area contributed by atoms with E-state index in [1.807, 2.05) is 60.4 Å². The van der Waals surface area contributed by atoms with Gasteiger partial charge in [0.05, 0.1) is 20.2 Å². The first kappa shape index (κ1) is 24.6. The highest BCUT2D eigenvalue weighted by Crippen LogP contribution is 2.14. The highest BCUT2D eigenvalue weighted by atomic mass is 16.5. The number of hydrogen-bond donors (Lipinski definition) is 1. The topological polar surface area (TPSA) is 71.1 Å². The molecule has 2 aromatic rings. The Labute approximate surface area is 196 Å². The van der Waals surface area contributed by atoms with E-state index in [-0.39, 0.29) is 11.8 Å². The zero-order chi connectivity index (χ0) is 23.5. The Morgan fingerprint density at radius 1 is 1.00 bits per heavy atom. The lowest BCUT2D eigenvalue weighted by Gasteiger charge is -2.22. The molecule has 3 rings (SSSR count). The van der Waals surface area contributed by atoms with Gasteiger partial charge in [0.15, 0.2) is 0 Å². The van der Waals surface area contributed by atoms with Gasteiger partial charge in [-0.1, -0.05) is 24.3 Å². The molecule has 0 radical (unpaired) electrons. The molecular formula is C26H35N3O4. The maximum absolute atomic E-state index is 12.7. The molecule has 7 heteroatoms. The third-order valence-electron chi connectivity index (χ3n) is 5.78. The lowest BCUT2D eigenvalue weighted by Crippen LogP contribution is -2.41. The van der Waals surface area contributed by atoms with E-state index < -0.39 is 0 Å². The number of ether oxygens (including phenoxy) is 2. The van der Waals surface area contributed by atoms with Gasteiger partial charge < -0.3 is 19.7 Å². The first-order valence-electron chi connectivity index (χ1n) is 11.6. The summed E-state index contributed by atoms with van der Waals surface area (Å²) in [6.45, 7) is 6.19. The number of hydrogen-bond acceptors (Lipinski definition) is 5. The van der Waals surface area contributed by atoms with Gasteiger partial charge in [-0.3, -0.25) is 14.5 Å². The quantitative estimate of drug-likeness (QED) is 0.560. The Hall–Kier alpha value is -3.06. The van der Waals surface area contributed by atoms with Gasteiger partial charge >= 0.3 is 0 Å². The van der Waals surface area contributed by atoms with E-state index in [0.29, 0.717) is 39.2 Å². The maximum atomic E-state index is 12.7. The molecule has 1 aliphatic rings. The summed E-state index contributed by atoms with van der Waals surface area (Å²) in [7, 11) is 1.64. The summed E-state index contributed by atoms with van der Waals surface area (Å²) in [5.74, 6) is 1.79. The lowest BCUT2D eigenvalue weighted by molar-refractivity contribution is -0.131. The van der Waals surface area contributed by atoms with E-state index in [1.165, 1.54) is 0 Å². The number of nitrogens with zero attached hydrogens (tertiary/aromatic N) is 2. The number of rotatable bonds is 10. The molecule has 0 aromatic heterocycles. The molecule has 0 spiro atoms. The van der Waals surface area contributed by atoms with E-state index in [1.54, 1.807) is 7.11 Å². The van der Waals surface area contributed by atoms with Gasteiger partial charge in [0.2, 0.25) is 11.8 Å². The highest BCUT2D eigenvalue weighted by Gasteiger charge is 2.20. The minimum atomic E-state index is -0.0119. The van der Waals surface area contributed by atoms with E-state index in [4.69, 9.17) is 9.47 Å². The van der Waals surface area contributed by atoms with Crippen molar-refractivity contribution in [3.8, 4) is 11.5 Å². The molecule has 33 heavy (non-hydrogen) atoms.